The second kappa shape index (κ2) is 4.99. The minimum absolute atomic E-state index is 0.806. The topological polar surface area (TPSA) is 42.7 Å². The Hall–Kier alpha value is -1.84. The molecular formula is C13H18N4. The normalized spacial score (nSPS) is 10.5. The number of pyridine rings is 1. The van der Waals surface area contributed by atoms with E-state index in [-0.39, 0.29) is 0 Å². The lowest BCUT2D eigenvalue weighted by atomic mass is 10.2. The van der Waals surface area contributed by atoms with Crippen LogP contribution in [0.15, 0.2) is 24.5 Å². The van der Waals surface area contributed by atoms with Crippen LogP contribution >= 0.6 is 0 Å². The van der Waals surface area contributed by atoms with E-state index in [2.05, 4.69) is 28.5 Å². The lowest BCUT2D eigenvalue weighted by molar-refractivity contribution is 0.746. The van der Waals surface area contributed by atoms with Gasteiger partial charge in [-0.25, -0.2) is 0 Å². The van der Waals surface area contributed by atoms with Crippen LogP contribution in [-0.2, 0) is 20.0 Å². The first-order valence-corrected chi connectivity index (χ1v) is 5.87. The largest absolute Gasteiger partial charge is 0.381 e. The lowest BCUT2D eigenvalue weighted by Gasteiger charge is -2.06. The van der Waals surface area contributed by atoms with Crippen LogP contribution in [0.5, 0.6) is 0 Å². The number of aryl methyl sites for hydroxylation is 3. The lowest BCUT2D eigenvalue weighted by Crippen LogP contribution is -2.01. The third-order valence-electron chi connectivity index (χ3n) is 2.71. The maximum atomic E-state index is 4.42. The molecule has 17 heavy (non-hydrogen) atoms. The van der Waals surface area contributed by atoms with Crippen molar-refractivity contribution in [3.8, 4) is 0 Å². The van der Waals surface area contributed by atoms with E-state index in [1.165, 1.54) is 5.56 Å². The van der Waals surface area contributed by atoms with Gasteiger partial charge >= 0.3 is 0 Å². The molecule has 2 aromatic heterocycles. The summed E-state index contributed by atoms with van der Waals surface area (Å²) < 4.78 is 1.87. The highest BCUT2D eigenvalue weighted by Crippen LogP contribution is 2.12. The Morgan fingerprint density at radius 2 is 2.24 bits per heavy atom. The van der Waals surface area contributed by atoms with Crippen molar-refractivity contribution < 1.29 is 0 Å². The highest BCUT2D eigenvalue weighted by molar-refractivity contribution is 5.43. The van der Waals surface area contributed by atoms with Gasteiger partial charge in [0.05, 0.1) is 5.69 Å². The van der Waals surface area contributed by atoms with Gasteiger partial charge in [-0.05, 0) is 25.5 Å². The molecule has 90 valence electrons. The van der Waals surface area contributed by atoms with E-state index < -0.39 is 0 Å². The van der Waals surface area contributed by atoms with Crippen molar-refractivity contribution in [1.82, 2.24) is 14.8 Å². The number of nitrogens with one attached hydrogen (secondary N) is 1. The first-order chi connectivity index (χ1) is 8.19. The minimum Gasteiger partial charge on any atom is -0.381 e. The number of hydrogen-bond acceptors (Lipinski definition) is 3. The molecule has 0 atom stereocenters. The Morgan fingerprint density at radius 3 is 2.94 bits per heavy atom. The van der Waals surface area contributed by atoms with Gasteiger partial charge in [0.25, 0.3) is 0 Å². The van der Waals surface area contributed by atoms with Gasteiger partial charge < -0.3 is 5.32 Å². The van der Waals surface area contributed by atoms with Crippen LogP contribution in [0.2, 0.25) is 0 Å². The van der Waals surface area contributed by atoms with Crippen LogP contribution in [0.1, 0.15) is 23.9 Å². The monoisotopic (exact) mass is 230 g/mol. The summed E-state index contributed by atoms with van der Waals surface area (Å²) in [5, 5.41) is 7.82. The first kappa shape index (κ1) is 11.6. The molecule has 0 aliphatic heterocycles. The second-order valence-corrected chi connectivity index (χ2v) is 4.17. The molecule has 0 aliphatic rings. The van der Waals surface area contributed by atoms with E-state index >= 15 is 0 Å². The van der Waals surface area contributed by atoms with Crippen molar-refractivity contribution in [3.05, 3.63) is 41.5 Å². The molecular weight excluding hydrogens is 212 g/mol. The SMILES string of the molecule is CCc1nn(C)cc1CNc1ccnc(C)c1. The Bertz CT molecular complexity index is 502. The summed E-state index contributed by atoms with van der Waals surface area (Å²) in [7, 11) is 1.96. The van der Waals surface area contributed by atoms with E-state index in [4.69, 9.17) is 0 Å². The van der Waals surface area contributed by atoms with Gasteiger partial charge in [0, 0.05) is 42.9 Å². The van der Waals surface area contributed by atoms with E-state index in [0.29, 0.717) is 0 Å². The van der Waals surface area contributed by atoms with E-state index in [1.54, 1.807) is 0 Å². The van der Waals surface area contributed by atoms with Crippen LogP contribution < -0.4 is 5.32 Å². The molecule has 0 fully saturated rings. The van der Waals surface area contributed by atoms with Crippen molar-refractivity contribution in [3.63, 3.8) is 0 Å². The third-order valence-corrected chi connectivity index (χ3v) is 2.71. The van der Waals surface area contributed by atoms with Crippen LogP contribution in [0.4, 0.5) is 5.69 Å². The van der Waals surface area contributed by atoms with Gasteiger partial charge in [-0.2, -0.15) is 5.10 Å². The summed E-state index contributed by atoms with van der Waals surface area (Å²) in [6, 6.07) is 4.02. The van der Waals surface area contributed by atoms with Gasteiger partial charge in [-0.15, -0.1) is 0 Å². The summed E-state index contributed by atoms with van der Waals surface area (Å²) in [5.74, 6) is 0. The van der Waals surface area contributed by atoms with Crippen molar-refractivity contribution in [2.45, 2.75) is 26.8 Å². The second-order valence-electron chi connectivity index (χ2n) is 4.17. The van der Waals surface area contributed by atoms with Crippen LogP contribution in [-0.4, -0.2) is 14.8 Å². The zero-order valence-corrected chi connectivity index (χ0v) is 10.6. The van der Waals surface area contributed by atoms with E-state index in [1.807, 2.05) is 37.0 Å². The highest BCUT2D eigenvalue weighted by Gasteiger charge is 2.05. The smallest absolute Gasteiger partial charge is 0.0671 e. The molecule has 0 aromatic carbocycles. The molecule has 0 amide bonds. The Labute approximate surface area is 102 Å². The molecule has 0 saturated carbocycles. The Kier molecular flexibility index (Phi) is 3.42. The molecule has 2 heterocycles. The molecule has 0 bridgehead atoms. The molecule has 0 spiro atoms. The number of nitrogens with zero attached hydrogens (tertiary/aromatic N) is 3. The predicted molar refractivity (Wildman–Crippen MR) is 68.9 cm³/mol. The number of hydrogen-bond donors (Lipinski definition) is 1. The average Bonchev–Trinajstić information content (AvgIpc) is 2.67. The molecule has 4 heteroatoms. The fourth-order valence-electron chi connectivity index (χ4n) is 1.88. The first-order valence-electron chi connectivity index (χ1n) is 5.87. The van der Waals surface area contributed by atoms with Gasteiger partial charge in [0.2, 0.25) is 0 Å². The van der Waals surface area contributed by atoms with E-state index in [0.717, 1.165) is 30.0 Å². The predicted octanol–water partition coefficient (Wildman–Crippen LogP) is 2.30. The van der Waals surface area contributed by atoms with Crippen LogP contribution in [0.25, 0.3) is 0 Å². The summed E-state index contributed by atoms with van der Waals surface area (Å²) >= 11 is 0. The van der Waals surface area contributed by atoms with Crippen molar-refractivity contribution in [1.29, 1.82) is 0 Å². The van der Waals surface area contributed by atoms with Crippen LogP contribution in [0.3, 0.4) is 0 Å². The summed E-state index contributed by atoms with van der Waals surface area (Å²) in [6.45, 7) is 4.93. The molecule has 2 rings (SSSR count). The molecule has 0 radical (unpaired) electrons. The summed E-state index contributed by atoms with van der Waals surface area (Å²) in [5.41, 5.74) is 4.54. The fourth-order valence-corrected chi connectivity index (χ4v) is 1.88. The maximum Gasteiger partial charge on any atom is 0.0671 e. The van der Waals surface area contributed by atoms with Gasteiger partial charge in [-0.3, -0.25) is 9.67 Å². The van der Waals surface area contributed by atoms with Crippen molar-refractivity contribution in [2.75, 3.05) is 5.32 Å². The standard InChI is InChI=1S/C13H18N4/c1-4-13-11(9-17(3)16-13)8-15-12-5-6-14-10(2)7-12/h5-7,9H,4,8H2,1-3H3,(H,14,15). The van der Waals surface area contributed by atoms with E-state index in [9.17, 15) is 0 Å². The molecule has 0 aliphatic carbocycles. The number of anilines is 1. The molecule has 0 unspecified atom stereocenters. The van der Waals surface area contributed by atoms with Crippen molar-refractivity contribution >= 4 is 5.69 Å². The zero-order valence-electron chi connectivity index (χ0n) is 10.6. The molecule has 0 saturated heterocycles. The average molecular weight is 230 g/mol. The molecule has 4 nitrogen and oxygen atoms in total. The maximum absolute atomic E-state index is 4.42. The Morgan fingerprint density at radius 1 is 1.41 bits per heavy atom. The van der Waals surface area contributed by atoms with Gasteiger partial charge in [-0.1, -0.05) is 6.92 Å². The van der Waals surface area contributed by atoms with Crippen LogP contribution in [0, 0.1) is 6.92 Å². The Balaban J connectivity index is 2.06. The molecule has 1 N–H and O–H groups in total. The summed E-state index contributed by atoms with van der Waals surface area (Å²) in [4.78, 5) is 4.18. The fraction of sp³-hybridized carbons (Fsp3) is 0.385. The third kappa shape index (κ3) is 2.84. The zero-order chi connectivity index (χ0) is 12.3. The van der Waals surface area contributed by atoms with Gasteiger partial charge in [0.15, 0.2) is 0 Å². The number of rotatable bonds is 4. The molecule has 2 aromatic rings. The number of aromatic nitrogens is 3. The summed E-state index contributed by atoms with van der Waals surface area (Å²) in [6.07, 6.45) is 4.86. The van der Waals surface area contributed by atoms with Gasteiger partial charge in [0.1, 0.15) is 0 Å². The van der Waals surface area contributed by atoms with Crippen molar-refractivity contribution in [2.24, 2.45) is 7.05 Å². The minimum atomic E-state index is 0.806. The quantitative estimate of drug-likeness (QED) is 0.876. The highest BCUT2D eigenvalue weighted by atomic mass is 15.3.